The number of aromatic nitrogens is 1. The van der Waals surface area contributed by atoms with E-state index in [1.54, 1.807) is 0 Å². The molecule has 0 radical (unpaired) electrons. The number of amides is 1. The van der Waals surface area contributed by atoms with E-state index in [0.29, 0.717) is 19.4 Å². The summed E-state index contributed by atoms with van der Waals surface area (Å²) in [6.45, 7) is 2.18. The first-order valence-electron chi connectivity index (χ1n) is 10.3. The summed E-state index contributed by atoms with van der Waals surface area (Å²) in [7, 11) is 0. The number of rotatable bonds is 10. The predicted molar refractivity (Wildman–Crippen MR) is 127 cm³/mol. The van der Waals surface area contributed by atoms with Crippen LogP contribution in [-0.4, -0.2) is 40.5 Å². The number of nitrogens with zero attached hydrogens (tertiary/aromatic N) is 2. The van der Waals surface area contributed by atoms with Gasteiger partial charge in [-0.15, -0.1) is 11.3 Å². The lowest BCUT2D eigenvalue weighted by molar-refractivity contribution is -0.141. The number of carbonyl (C=O) groups is 2. The molecule has 3 aromatic rings. The van der Waals surface area contributed by atoms with E-state index in [1.807, 2.05) is 25.1 Å². The highest BCUT2D eigenvalue weighted by Crippen LogP contribution is 2.25. The molecule has 0 aliphatic rings. The van der Waals surface area contributed by atoms with Crippen LogP contribution in [0.2, 0.25) is 0 Å². The smallest absolute Gasteiger partial charge is 0.326 e. The minimum absolute atomic E-state index is 0.0408. The van der Waals surface area contributed by atoms with Crippen molar-refractivity contribution in [1.82, 2.24) is 10.3 Å². The first-order valence-corrected chi connectivity index (χ1v) is 11.1. The normalized spacial score (nSPS) is 11.8. The van der Waals surface area contributed by atoms with Crippen LogP contribution in [0.15, 0.2) is 47.5 Å². The largest absolute Gasteiger partial charge is 0.480 e. The molecule has 168 valence electrons. The number of benzene rings is 2. The molecule has 9 heteroatoms. The third kappa shape index (κ3) is 6.27. The van der Waals surface area contributed by atoms with Crippen molar-refractivity contribution in [2.75, 3.05) is 6.54 Å². The molecular weight excluding hydrogens is 426 g/mol. The Hall–Kier alpha value is -3.46. The van der Waals surface area contributed by atoms with Gasteiger partial charge in [0.2, 0.25) is 5.91 Å². The van der Waals surface area contributed by atoms with E-state index in [4.69, 9.17) is 11.5 Å². The van der Waals surface area contributed by atoms with Gasteiger partial charge in [-0.3, -0.25) is 9.79 Å². The van der Waals surface area contributed by atoms with Gasteiger partial charge in [-0.1, -0.05) is 42.5 Å². The second-order valence-corrected chi connectivity index (χ2v) is 8.68. The number of hydrogen-bond acceptors (Lipinski definition) is 5. The van der Waals surface area contributed by atoms with E-state index in [1.165, 1.54) is 27.7 Å². The summed E-state index contributed by atoms with van der Waals surface area (Å²) in [5.74, 6) is -1.47. The zero-order valence-electron chi connectivity index (χ0n) is 17.9. The lowest BCUT2D eigenvalue weighted by atomic mass is 10.0. The van der Waals surface area contributed by atoms with E-state index < -0.39 is 12.0 Å². The molecule has 3 rings (SSSR count). The van der Waals surface area contributed by atoms with Crippen molar-refractivity contribution in [1.29, 1.82) is 0 Å². The van der Waals surface area contributed by atoms with Crippen molar-refractivity contribution in [2.24, 2.45) is 16.5 Å². The van der Waals surface area contributed by atoms with Crippen LogP contribution in [0.4, 0.5) is 0 Å². The van der Waals surface area contributed by atoms with Gasteiger partial charge in [0.15, 0.2) is 5.96 Å². The number of aryl methyl sites for hydroxylation is 1. The third-order valence-corrected chi connectivity index (χ3v) is 6.22. The minimum Gasteiger partial charge on any atom is -0.480 e. The average molecular weight is 454 g/mol. The zero-order valence-corrected chi connectivity index (χ0v) is 18.7. The SMILES string of the molecule is Cc1nc(Cc2cccc3ccccc23)sc1CC(=O)NC(CCCN=C(N)N)C(=O)O. The van der Waals surface area contributed by atoms with Gasteiger partial charge >= 0.3 is 5.97 Å². The Labute approximate surface area is 190 Å². The summed E-state index contributed by atoms with van der Waals surface area (Å²) in [5.41, 5.74) is 12.5. The van der Waals surface area contributed by atoms with E-state index in [2.05, 4.69) is 39.6 Å². The molecule has 0 fully saturated rings. The third-order valence-electron chi connectivity index (χ3n) is 5.06. The lowest BCUT2D eigenvalue weighted by Gasteiger charge is -2.13. The molecular formula is C23H27N5O3S. The minimum atomic E-state index is -1.08. The van der Waals surface area contributed by atoms with Crippen LogP contribution in [0, 0.1) is 6.92 Å². The molecule has 1 heterocycles. The van der Waals surface area contributed by atoms with Crippen molar-refractivity contribution in [3.63, 3.8) is 0 Å². The molecule has 0 aliphatic heterocycles. The summed E-state index contributed by atoms with van der Waals surface area (Å²) in [6, 6.07) is 13.4. The number of carboxylic acid groups (broad SMARTS) is 1. The highest BCUT2D eigenvalue weighted by Gasteiger charge is 2.21. The van der Waals surface area contributed by atoms with Crippen LogP contribution < -0.4 is 16.8 Å². The van der Waals surface area contributed by atoms with Crippen molar-refractivity contribution < 1.29 is 14.7 Å². The van der Waals surface area contributed by atoms with Crippen LogP contribution >= 0.6 is 11.3 Å². The summed E-state index contributed by atoms with van der Waals surface area (Å²) in [4.78, 5) is 33.3. The lowest BCUT2D eigenvalue weighted by Crippen LogP contribution is -2.41. The highest BCUT2D eigenvalue weighted by atomic mass is 32.1. The van der Waals surface area contributed by atoms with Gasteiger partial charge in [0.1, 0.15) is 6.04 Å². The van der Waals surface area contributed by atoms with Crippen LogP contribution in [0.3, 0.4) is 0 Å². The number of nitrogens with one attached hydrogen (secondary N) is 1. The maximum Gasteiger partial charge on any atom is 0.326 e. The molecule has 0 saturated heterocycles. The number of aliphatic carboxylic acids is 1. The van der Waals surface area contributed by atoms with Gasteiger partial charge in [-0.25, -0.2) is 9.78 Å². The Kier molecular flexibility index (Phi) is 7.77. The summed E-state index contributed by atoms with van der Waals surface area (Å²) >= 11 is 1.49. The van der Waals surface area contributed by atoms with E-state index >= 15 is 0 Å². The number of carbonyl (C=O) groups excluding carboxylic acids is 1. The molecule has 6 N–H and O–H groups in total. The van der Waals surface area contributed by atoms with Gasteiger partial charge in [0.25, 0.3) is 0 Å². The van der Waals surface area contributed by atoms with Gasteiger partial charge in [0.05, 0.1) is 17.1 Å². The Morgan fingerprint density at radius 2 is 1.94 bits per heavy atom. The fourth-order valence-corrected chi connectivity index (χ4v) is 4.58. The second-order valence-electron chi connectivity index (χ2n) is 7.52. The number of aliphatic imine (C=N–C) groups is 1. The van der Waals surface area contributed by atoms with Crippen molar-refractivity contribution in [2.45, 2.75) is 38.6 Å². The van der Waals surface area contributed by atoms with E-state index in [9.17, 15) is 14.7 Å². The van der Waals surface area contributed by atoms with E-state index in [-0.39, 0.29) is 24.7 Å². The molecule has 1 amide bonds. The quantitative estimate of drug-likeness (QED) is 0.211. The fraction of sp³-hybridized carbons (Fsp3) is 0.304. The summed E-state index contributed by atoms with van der Waals surface area (Å²) in [5, 5.41) is 15.3. The molecule has 8 nitrogen and oxygen atoms in total. The predicted octanol–water partition coefficient (Wildman–Crippen LogP) is 2.36. The van der Waals surface area contributed by atoms with Gasteiger partial charge in [0, 0.05) is 17.8 Å². The van der Waals surface area contributed by atoms with Crippen LogP contribution in [0.1, 0.15) is 34.0 Å². The van der Waals surface area contributed by atoms with Crippen LogP contribution in [0.5, 0.6) is 0 Å². The number of hydrogen-bond donors (Lipinski definition) is 4. The average Bonchev–Trinajstić information content (AvgIpc) is 3.08. The Bertz CT molecular complexity index is 1130. The topological polar surface area (TPSA) is 144 Å². The molecule has 0 saturated carbocycles. The maximum atomic E-state index is 12.5. The molecule has 1 aromatic heterocycles. The van der Waals surface area contributed by atoms with Crippen molar-refractivity contribution in [3.8, 4) is 0 Å². The van der Waals surface area contributed by atoms with Gasteiger partial charge < -0.3 is 21.9 Å². The second kappa shape index (κ2) is 10.7. The Morgan fingerprint density at radius 3 is 2.69 bits per heavy atom. The molecule has 0 spiro atoms. The molecule has 1 unspecified atom stereocenters. The summed E-state index contributed by atoms with van der Waals surface area (Å²) in [6.07, 6.45) is 1.46. The standard InChI is InChI=1S/C23H27N5O3S/c1-14-19(13-20(29)28-18(22(30)31)10-5-11-26-23(24)25)32-21(27-14)12-16-8-4-7-15-6-2-3-9-17(15)16/h2-4,6-9,18H,5,10-13H2,1H3,(H,28,29)(H,30,31)(H4,24,25,26). The van der Waals surface area contributed by atoms with E-state index in [0.717, 1.165) is 15.6 Å². The number of fused-ring (bicyclic) bond motifs is 1. The zero-order chi connectivity index (χ0) is 23.1. The van der Waals surface area contributed by atoms with Crippen LogP contribution in [-0.2, 0) is 22.4 Å². The monoisotopic (exact) mass is 453 g/mol. The van der Waals surface area contributed by atoms with Gasteiger partial charge in [-0.05, 0) is 36.1 Å². The molecule has 1 atom stereocenters. The number of thiazole rings is 1. The summed E-state index contributed by atoms with van der Waals surface area (Å²) < 4.78 is 0. The first kappa shape index (κ1) is 23.2. The molecule has 0 bridgehead atoms. The van der Waals surface area contributed by atoms with Crippen molar-refractivity contribution in [3.05, 3.63) is 63.6 Å². The molecule has 2 aromatic carbocycles. The Balaban J connectivity index is 1.63. The van der Waals surface area contributed by atoms with Crippen LogP contribution in [0.25, 0.3) is 10.8 Å². The maximum absolute atomic E-state index is 12.5. The number of carboxylic acids is 1. The number of guanidine groups is 1. The molecule has 32 heavy (non-hydrogen) atoms. The van der Waals surface area contributed by atoms with Gasteiger partial charge in [-0.2, -0.15) is 0 Å². The van der Waals surface area contributed by atoms with Crippen molar-refractivity contribution >= 4 is 39.9 Å². The fourth-order valence-electron chi connectivity index (χ4n) is 3.49. The molecule has 0 aliphatic carbocycles. The first-order chi connectivity index (χ1) is 15.3. The highest BCUT2D eigenvalue weighted by molar-refractivity contribution is 7.11. The number of nitrogens with two attached hydrogens (primary N) is 2. The Morgan fingerprint density at radius 1 is 1.19 bits per heavy atom.